The smallest absolute Gasteiger partial charge is 0.0685 e. The Labute approximate surface area is 146 Å². The van der Waals surface area contributed by atoms with Crippen LogP contribution in [0.25, 0.3) is 0 Å². The quantitative estimate of drug-likeness (QED) is 0.527. The Hall–Kier alpha value is -1.57. The van der Waals surface area contributed by atoms with Gasteiger partial charge in [0.25, 0.3) is 0 Å². The van der Waals surface area contributed by atoms with Gasteiger partial charge in [0.2, 0.25) is 0 Å². The molecule has 0 aromatic heterocycles. The van der Waals surface area contributed by atoms with Crippen molar-refractivity contribution >= 4 is 35.1 Å². The summed E-state index contributed by atoms with van der Waals surface area (Å²) < 4.78 is 0. The topological polar surface area (TPSA) is 12.4 Å². The lowest BCUT2D eigenvalue weighted by Gasteiger charge is -2.38. The van der Waals surface area contributed by atoms with Gasteiger partial charge in [-0.2, -0.15) is 0 Å². The summed E-state index contributed by atoms with van der Waals surface area (Å²) in [6.07, 6.45) is 6.68. The molecule has 2 atom stereocenters. The lowest BCUT2D eigenvalue weighted by Crippen LogP contribution is -2.34. The molecule has 0 unspecified atom stereocenters. The molecule has 1 aliphatic carbocycles. The van der Waals surface area contributed by atoms with Crippen molar-refractivity contribution < 1.29 is 0 Å². The third-order valence-electron chi connectivity index (χ3n) is 4.98. The van der Waals surface area contributed by atoms with Crippen LogP contribution in [0.1, 0.15) is 36.8 Å². The maximum absolute atomic E-state index is 6.24. The first kappa shape index (κ1) is 15.0. The Balaban J connectivity index is 1.91. The van der Waals surface area contributed by atoms with Crippen LogP contribution in [-0.4, -0.2) is 6.21 Å². The van der Waals surface area contributed by atoms with E-state index in [-0.39, 0.29) is 5.41 Å². The van der Waals surface area contributed by atoms with Gasteiger partial charge in [-0.1, -0.05) is 53.1 Å². The molecule has 0 saturated carbocycles. The van der Waals surface area contributed by atoms with Crippen molar-refractivity contribution in [3.8, 4) is 0 Å². The van der Waals surface area contributed by atoms with Gasteiger partial charge in [-0.25, -0.2) is 0 Å². The number of fused-ring (bicyclic) bond motifs is 2. The lowest BCUT2D eigenvalue weighted by atomic mass is 9.63. The molecule has 0 N–H and O–H groups in total. The van der Waals surface area contributed by atoms with E-state index < -0.39 is 0 Å². The van der Waals surface area contributed by atoms with Gasteiger partial charge in [0, 0.05) is 22.2 Å². The van der Waals surface area contributed by atoms with E-state index in [1.165, 1.54) is 16.7 Å². The van der Waals surface area contributed by atoms with Crippen molar-refractivity contribution in [1.82, 2.24) is 0 Å². The maximum atomic E-state index is 6.24. The minimum atomic E-state index is -0.188. The number of aliphatic imine (C=N–C) groups is 1. The molecule has 23 heavy (non-hydrogen) atoms. The van der Waals surface area contributed by atoms with E-state index in [2.05, 4.69) is 42.4 Å². The Morgan fingerprint density at radius 3 is 2.74 bits per heavy atom. The second-order valence-corrected chi connectivity index (χ2v) is 7.36. The van der Waals surface area contributed by atoms with Crippen molar-refractivity contribution in [2.75, 3.05) is 0 Å². The van der Waals surface area contributed by atoms with Crippen molar-refractivity contribution in [2.24, 2.45) is 4.99 Å². The van der Waals surface area contributed by atoms with Crippen LogP contribution >= 0.6 is 23.2 Å². The molecular weight excluding hydrogens is 325 g/mol. The van der Waals surface area contributed by atoms with Crippen LogP contribution in [0.3, 0.4) is 0 Å². The fraction of sp³-hybridized carbons (Fsp3) is 0.250. The monoisotopic (exact) mass is 341 g/mol. The molecular formula is C20H17Cl2N. The molecule has 2 aromatic carbocycles. The van der Waals surface area contributed by atoms with E-state index in [1.807, 2.05) is 24.3 Å². The first-order valence-corrected chi connectivity index (χ1v) is 8.63. The molecule has 116 valence electrons. The third kappa shape index (κ3) is 2.43. The molecule has 3 heteroatoms. The molecule has 0 radical (unpaired) electrons. The Morgan fingerprint density at radius 2 is 1.91 bits per heavy atom. The average Bonchev–Trinajstić information content (AvgIpc) is 2.85. The van der Waals surface area contributed by atoms with Crippen LogP contribution in [0.4, 0.5) is 5.69 Å². The van der Waals surface area contributed by atoms with E-state index in [1.54, 1.807) is 0 Å². The van der Waals surface area contributed by atoms with Gasteiger partial charge in [-0.3, -0.25) is 4.99 Å². The minimum Gasteiger partial charge on any atom is -0.260 e. The number of rotatable bonds is 1. The van der Waals surface area contributed by atoms with Crippen molar-refractivity contribution in [2.45, 2.75) is 31.1 Å². The minimum absolute atomic E-state index is 0.188. The van der Waals surface area contributed by atoms with Crippen LogP contribution < -0.4 is 0 Å². The van der Waals surface area contributed by atoms with Crippen LogP contribution in [0.15, 0.2) is 59.1 Å². The number of halogens is 2. The summed E-state index contributed by atoms with van der Waals surface area (Å²) in [5.74, 6) is 0.344. The standard InChI is InChI=1S/C20H17Cl2N/c1-13-5-7-17(14-3-2-4-15(21)9-14)20(11-13)12-23-19-10-16(22)6-8-18(19)20/h2-4,6,8-12,17H,5,7H2,1H3/t17-,20+/m0/s1. The molecule has 1 heterocycles. The van der Waals surface area contributed by atoms with Crippen molar-refractivity contribution in [1.29, 1.82) is 0 Å². The summed E-state index contributed by atoms with van der Waals surface area (Å²) in [4.78, 5) is 4.68. The predicted octanol–water partition coefficient (Wildman–Crippen LogP) is 6.47. The molecule has 1 aliphatic heterocycles. The number of nitrogens with zero attached hydrogens (tertiary/aromatic N) is 1. The zero-order chi connectivity index (χ0) is 16.0. The Kier molecular flexibility index (Phi) is 3.59. The molecule has 1 spiro atoms. The molecule has 2 aromatic rings. The summed E-state index contributed by atoms with van der Waals surface area (Å²) >= 11 is 12.4. The number of hydrogen-bond acceptors (Lipinski definition) is 1. The highest BCUT2D eigenvalue weighted by atomic mass is 35.5. The summed E-state index contributed by atoms with van der Waals surface area (Å²) in [5.41, 5.74) is 4.72. The maximum Gasteiger partial charge on any atom is 0.0685 e. The largest absolute Gasteiger partial charge is 0.260 e. The van der Waals surface area contributed by atoms with E-state index >= 15 is 0 Å². The summed E-state index contributed by atoms with van der Waals surface area (Å²) in [6.45, 7) is 2.21. The zero-order valence-corrected chi connectivity index (χ0v) is 14.4. The first-order chi connectivity index (χ1) is 11.1. The SMILES string of the molecule is CC1=C[C@@]2(C=Nc3cc(Cl)ccc32)[C@H](c2cccc(Cl)c2)CC1. The summed E-state index contributed by atoms with van der Waals surface area (Å²) in [5, 5.41) is 1.52. The third-order valence-corrected chi connectivity index (χ3v) is 5.45. The lowest BCUT2D eigenvalue weighted by molar-refractivity contribution is 0.487. The summed E-state index contributed by atoms with van der Waals surface area (Å²) in [6, 6.07) is 14.3. The Morgan fingerprint density at radius 1 is 1.09 bits per heavy atom. The van der Waals surface area contributed by atoms with E-state index in [9.17, 15) is 0 Å². The van der Waals surface area contributed by atoms with Gasteiger partial charge in [-0.05, 0) is 55.2 Å². The van der Waals surface area contributed by atoms with Crippen LogP contribution in [0, 0.1) is 0 Å². The Bertz CT molecular complexity index is 837. The molecule has 2 aliphatic rings. The number of hydrogen-bond donors (Lipinski definition) is 0. The van der Waals surface area contributed by atoms with Crippen LogP contribution in [-0.2, 0) is 5.41 Å². The molecule has 0 amide bonds. The highest BCUT2D eigenvalue weighted by Crippen LogP contribution is 2.52. The highest BCUT2D eigenvalue weighted by molar-refractivity contribution is 6.31. The fourth-order valence-corrected chi connectivity index (χ4v) is 4.34. The van der Waals surface area contributed by atoms with E-state index in [4.69, 9.17) is 23.2 Å². The molecule has 0 saturated heterocycles. The fourth-order valence-electron chi connectivity index (χ4n) is 3.97. The number of allylic oxidation sites excluding steroid dienone is 2. The molecule has 1 nitrogen and oxygen atoms in total. The second-order valence-electron chi connectivity index (χ2n) is 6.49. The highest BCUT2D eigenvalue weighted by Gasteiger charge is 2.44. The number of benzene rings is 2. The van der Waals surface area contributed by atoms with Gasteiger partial charge >= 0.3 is 0 Å². The van der Waals surface area contributed by atoms with Crippen LogP contribution in [0.5, 0.6) is 0 Å². The van der Waals surface area contributed by atoms with Gasteiger partial charge in [0.15, 0.2) is 0 Å². The normalized spacial score (nSPS) is 25.5. The van der Waals surface area contributed by atoms with Gasteiger partial charge in [-0.15, -0.1) is 0 Å². The van der Waals surface area contributed by atoms with E-state index in [0.717, 1.165) is 28.6 Å². The molecule has 0 bridgehead atoms. The zero-order valence-electron chi connectivity index (χ0n) is 12.9. The molecule has 0 fully saturated rings. The van der Waals surface area contributed by atoms with Gasteiger partial charge < -0.3 is 0 Å². The van der Waals surface area contributed by atoms with Gasteiger partial charge in [0.05, 0.1) is 11.1 Å². The first-order valence-electron chi connectivity index (χ1n) is 7.87. The van der Waals surface area contributed by atoms with Crippen molar-refractivity contribution in [3.63, 3.8) is 0 Å². The average molecular weight is 342 g/mol. The second kappa shape index (κ2) is 5.51. The van der Waals surface area contributed by atoms with E-state index in [0.29, 0.717) is 5.92 Å². The predicted molar refractivity (Wildman–Crippen MR) is 98.5 cm³/mol. The van der Waals surface area contributed by atoms with Gasteiger partial charge in [0.1, 0.15) is 0 Å². The summed E-state index contributed by atoms with van der Waals surface area (Å²) in [7, 11) is 0. The molecule has 4 rings (SSSR count). The van der Waals surface area contributed by atoms with Crippen molar-refractivity contribution in [3.05, 3.63) is 75.3 Å². The van der Waals surface area contributed by atoms with Crippen LogP contribution in [0.2, 0.25) is 10.0 Å².